The number of phenols is 1. The third-order valence-electron chi connectivity index (χ3n) is 7.40. The lowest BCUT2D eigenvalue weighted by atomic mass is 9.81. The minimum absolute atomic E-state index is 0.0837. The number of aromatic hydroxyl groups is 1. The molecule has 0 aliphatic carbocycles. The second-order valence-electron chi connectivity index (χ2n) is 9.96. The molecule has 1 unspecified atom stereocenters. The minimum Gasteiger partial charge on any atom is -0.507 e. The second kappa shape index (κ2) is 8.01. The van der Waals surface area contributed by atoms with Crippen LogP contribution in [-0.2, 0) is 13.5 Å². The van der Waals surface area contributed by atoms with Crippen LogP contribution in [0.4, 0.5) is 14.6 Å². The van der Waals surface area contributed by atoms with E-state index >= 15 is 0 Å². The van der Waals surface area contributed by atoms with Crippen LogP contribution in [-0.4, -0.2) is 55.7 Å². The summed E-state index contributed by atoms with van der Waals surface area (Å²) in [4.78, 5) is 2.28. The van der Waals surface area contributed by atoms with Crippen LogP contribution in [0.2, 0.25) is 0 Å². The van der Waals surface area contributed by atoms with Gasteiger partial charge in [-0.15, -0.1) is 10.2 Å². The number of nitrogens with zero attached hydrogens (tertiary/aromatic N) is 5. The van der Waals surface area contributed by atoms with E-state index in [4.69, 9.17) is 0 Å². The average molecular weight is 467 g/mol. The Balaban J connectivity index is 1.26. The summed E-state index contributed by atoms with van der Waals surface area (Å²) in [5, 5.41) is 27.4. The maximum absolute atomic E-state index is 14.0. The molecule has 2 N–H and O–H groups in total. The number of hydrogen-bond acceptors (Lipinski definition) is 6. The standard InChI is InChI=1S/C25H28F2N6O/c1-32-14-17(13-28-32)15-4-5-21(23(34)8-15)22-7-16-3-2-6-33(24(16)31-30-22)20-9-18-11-25(26,27)12-19(10-20)29-18/h4-5,7-8,13-14,18-20,29,34H,2-3,6,9-12H2,1H3/t18-,19+,20?. The number of hydrogen-bond donors (Lipinski definition) is 2. The molecule has 3 atom stereocenters. The highest BCUT2D eigenvalue weighted by atomic mass is 19.3. The molecule has 2 bridgehead atoms. The molecule has 3 aliphatic heterocycles. The highest BCUT2D eigenvalue weighted by molar-refractivity contribution is 5.74. The first kappa shape index (κ1) is 21.5. The summed E-state index contributed by atoms with van der Waals surface area (Å²) in [5.74, 6) is -1.55. The highest BCUT2D eigenvalue weighted by Gasteiger charge is 2.46. The molecule has 9 heteroatoms. The predicted molar refractivity (Wildman–Crippen MR) is 125 cm³/mol. The molecule has 178 valence electrons. The van der Waals surface area contributed by atoms with Crippen molar-refractivity contribution in [2.45, 2.75) is 62.6 Å². The number of benzene rings is 1. The molecule has 2 saturated heterocycles. The first-order valence-electron chi connectivity index (χ1n) is 11.9. The lowest BCUT2D eigenvalue weighted by Gasteiger charge is -2.47. The third kappa shape index (κ3) is 3.91. The van der Waals surface area contributed by atoms with Gasteiger partial charge in [0, 0.05) is 61.9 Å². The maximum Gasteiger partial charge on any atom is 0.251 e. The zero-order valence-corrected chi connectivity index (χ0v) is 19.1. The third-order valence-corrected chi connectivity index (χ3v) is 7.40. The first-order valence-corrected chi connectivity index (χ1v) is 11.9. The van der Waals surface area contributed by atoms with Gasteiger partial charge in [-0.3, -0.25) is 4.68 Å². The van der Waals surface area contributed by atoms with Gasteiger partial charge in [-0.05, 0) is 55.0 Å². The van der Waals surface area contributed by atoms with Crippen LogP contribution in [0.3, 0.4) is 0 Å². The Labute approximate surface area is 196 Å². The van der Waals surface area contributed by atoms with Gasteiger partial charge in [0.15, 0.2) is 5.82 Å². The van der Waals surface area contributed by atoms with Gasteiger partial charge in [-0.25, -0.2) is 8.78 Å². The first-order chi connectivity index (χ1) is 16.3. The zero-order chi connectivity index (χ0) is 23.4. The van der Waals surface area contributed by atoms with Crippen LogP contribution in [0.5, 0.6) is 5.75 Å². The Morgan fingerprint density at radius 1 is 1.09 bits per heavy atom. The number of phenolic OH excluding ortho intramolecular Hbond substituents is 1. The second-order valence-corrected chi connectivity index (χ2v) is 9.96. The largest absolute Gasteiger partial charge is 0.507 e. The Morgan fingerprint density at radius 3 is 2.59 bits per heavy atom. The van der Waals surface area contributed by atoms with Crippen molar-refractivity contribution in [1.82, 2.24) is 25.3 Å². The van der Waals surface area contributed by atoms with Crippen LogP contribution in [0.25, 0.3) is 22.4 Å². The van der Waals surface area contributed by atoms with E-state index in [1.807, 2.05) is 31.4 Å². The number of piperidine rings is 2. The topological polar surface area (TPSA) is 79.1 Å². The fraction of sp³-hybridized carbons (Fsp3) is 0.480. The number of alkyl halides is 2. The summed E-state index contributed by atoms with van der Waals surface area (Å²) in [6.45, 7) is 0.868. The summed E-state index contributed by atoms with van der Waals surface area (Å²) < 4.78 is 29.7. The number of rotatable bonds is 3. The van der Waals surface area contributed by atoms with Gasteiger partial charge in [0.05, 0.1) is 11.9 Å². The van der Waals surface area contributed by atoms with Gasteiger partial charge < -0.3 is 15.3 Å². The highest BCUT2D eigenvalue weighted by Crippen LogP contribution is 2.40. The summed E-state index contributed by atoms with van der Waals surface area (Å²) in [7, 11) is 1.86. The quantitative estimate of drug-likeness (QED) is 0.609. The van der Waals surface area contributed by atoms with E-state index in [-0.39, 0.29) is 36.7 Å². The Bertz CT molecular complexity index is 1210. The Kier molecular flexibility index (Phi) is 5.05. The molecular weight excluding hydrogens is 438 g/mol. The van der Waals surface area contributed by atoms with Gasteiger partial charge in [0.25, 0.3) is 5.92 Å². The van der Waals surface area contributed by atoms with Gasteiger partial charge in [0.2, 0.25) is 0 Å². The van der Waals surface area contributed by atoms with E-state index in [0.29, 0.717) is 24.1 Å². The van der Waals surface area contributed by atoms with Crippen LogP contribution < -0.4 is 10.2 Å². The number of aryl methyl sites for hydroxylation is 2. The lowest BCUT2D eigenvalue weighted by molar-refractivity contribution is -0.0670. The van der Waals surface area contributed by atoms with Crippen molar-refractivity contribution >= 4 is 5.82 Å². The van der Waals surface area contributed by atoms with Crippen molar-refractivity contribution in [3.05, 3.63) is 42.2 Å². The number of nitrogens with one attached hydrogen (secondary N) is 1. The Hall–Kier alpha value is -3.07. The van der Waals surface area contributed by atoms with E-state index in [9.17, 15) is 13.9 Å². The van der Waals surface area contributed by atoms with E-state index in [1.54, 1.807) is 16.9 Å². The van der Waals surface area contributed by atoms with Crippen molar-refractivity contribution in [1.29, 1.82) is 0 Å². The van der Waals surface area contributed by atoms with Gasteiger partial charge in [-0.1, -0.05) is 6.07 Å². The summed E-state index contributed by atoms with van der Waals surface area (Å²) >= 11 is 0. The van der Waals surface area contributed by atoms with Gasteiger partial charge in [-0.2, -0.15) is 5.10 Å². The molecule has 0 amide bonds. The monoisotopic (exact) mass is 466 g/mol. The van der Waals surface area contributed by atoms with E-state index in [2.05, 4.69) is 25.5 Å². The smallest absolute Gasteiger partial charge is 0.251 e. The molecule has 34 heavy (non-hydrogen) atoms. The molecule has 6 rings (SSSR count). The fourth-order valence-electron chi connectivity index (χ4n) is 5.95. The molecule has 3 aliphatic rings. The van der Waals surface area contributed by atoms with Crippen LogP contribution in [0.1, 0.15) is 37.7 Å². The fourth-order valence-corrected chi connectivity index (χ4v) is 5.95. The zero-order valence-electron chi connectivity index (χ0n) is 19.1. The van der Waals surface area contributed by atoms with Crippen LogP contribution in [0.15, 0.2) is 36.7 Å². The van der Waals surface area contributed by atoms with E-state index < -0.39 is 5.92 Å². The van der Waals surface area contributed by atoms with Crippen LogP contribution >= 0.6 is 0 Å². The number of fused-ring (bicyclic) bond motifs is 3. The molecule has 7 nitrogen and oxygen atoms in total. The molecule has 1 aromatic carbocycles. The normalized spacial score (nSPS) is 25.7. The van der Waals surface area contributed by atoms with Crippen molar-refractivity contribution in [2.75, 3.05) is 11.4 Å². The number of aromatic nitrogens is 4. The molecule has 0 radical (unpaired) electrons. The minimum atomic E-state index is -2.56. The average Bonchev–Trinajstić information content (AvgIpc) is 3.23. The number of anilines is 1. The van der Waals surface area contributed by atoms with Crippen molar-refractivity contribution < 1.29 is 13.9 Å². The summed E-state index contributed by atoms with van der Waals surface area (Å²) in [6.07, 6.45) is 6.77. The van der Waals surface area contributed by atoms with Gasteiger partial charge in [0.1, 0.15) is 5.75 Å². The Morgan fingerprint density at radius 2 is 1.88 bits per heavy atom. The summed E-state index contributed by atoms with van der Waals surface area (Å²) in [5.41, 5.74) is 4.19. The van der Waals surface area contributed by atoms with Gasteiger partial charge >= 0.3 is 0 Å². The maximum atomic E-state index is 14.0. The molecule has 2 aromatic heterocycles. The van der Waals surface area contributed by atoms with E-state index in [1.165, 1.54) is 0 Å². The molecule has 5 heterocycles. The summed E-state index contributed by atoms with van der Waals surface area (Å²) in [6, 6.07) is 7.44. The van der Waals surface area contributed by atoms with Crippen molar-refractivity contribution in [2.24, 2.45) is 7.05 Å². The molecule has 2 fully saturated rings. The van der Waals surface area contributed by atoms with Crippen molar-refractivity contribution in [3.63, 3.8) is 0 Å². The number of halogens is 2. The molecule has 0 saturated carbocycles. The molecule has 3 aromatic rings. The van der Waals surface area contributed by atoms with E-state index in [0.717, 1.165) is 41.9 Å². The molecular formula is C25H28F2N6O. The predicted octanol–water partition coefficient (Wildman–Crippen LogP) is 3.92. The SMILES string of the molecule is Cn1cc(-c2ccc(-c3cc4c(nn3)N(C3C[C@@H]5CC(F)(F)C[C@H](C3)N5)CCC4)c(O)c2)cn1. The lowest BCUT2D eigenvalue weighted by Crippen LogP contribution is -2.59. The van der Waals surface area contributed by atoms with Crippen LogP contribution in [0, 0.1) is 0 Å². The van der Waals surface area contributed by atoms with Crippen molar-refractivity contribution in [3.8, 4) is 28.1 Å². The molecule has 0 spiro atoms.